The molecule has 0 bridgehead atoms. The van der Waals surface area contributed by atoms with E-state index in [0.717, 1.165) is 24.8 Å². The second-order valence-electron chi connectivity index (χ2n) is 5.03. The quantitative estimate of drug-likeness (QED) is 0.542. The summed E-state index contributed by atoms with van der Waals surface area (Å²) in [4.78, 5) is 11.2. The number of amides is 1. The summed E-state index contributed by atoms with van der Waals surface area (Å²) < 4.78 is 0. The minimum Gasteiger partial charge on any atom is -0.342 e. The number of carbonyl (C=O) groups is 1. The maximum atomic E-state index is 11.2. The third kappa shape index (κ3) is 6.28. The Hall–Kier alpha value is -1.08. The van der Waals surface area contributed by atoms with Crippen LogP contribution in [-0.4, -0.2) is 25.5 Å². The average molecular weight is 237 g/mol. The summed E-state index contributed by atoms with van der Waals surface area (Å²) in [6, 6.07) is 1.89. The van der Waals surface area contributed by atoms with Crippen LogP contribution in [0.4, 0.5) is 0 Å². The van der Waals surface area contributed by atoms with Gasteiger partial charge in [-0.2, -0.15) is 5.26 Å². The van der Waals surface area contributed by atoms with Crippen molar-refractivity contribution in [3.05, 3.63) is 0 Å². The van der Waals surface area contributed by atoms with Gasteiger partial charge in [0.25, 0.3) is 0 Å². The van der Waals surface area contributed by atoms with Crippen LogP contribution in [0.3, 0.4) is 0 Å². The summed E-state index contributed by atoms with van der Waals surface area (Å²) in [7, 11) is 0. The monoisotopic (exact) mass is 237 g/mol. The Labute approximate surface area is 104 Å². The molecule has 0 radical (unpaired) electrons. The van der Waals surface area contributed by atoms with Crippen LogP contribution in [0.2, 0.25) is 0 Å². The number of hydrogen-bond donors (Lipinski definition) is 2. The number of nitrogens with zero attached hydrogens (tertiary/aromatic N) is 1. The summed E-state index contributed by atoms with van der Waals surface area (Å²) in [6.45, 7) is 3.65. The Morgan fingerprint density at radius 3 is 2.71 bits per heavy atom. The predicted molar refractivity (Wildman–Crippen MR) is 67.2 cm³/mol. The molecule has 0 atom stereocenters. The minimum atomic E-state index is -0.0937. The molecule has 1 aliphatic rings. The maximum absolute atomic E-state index is 11.2. The van der Waals surface area contributed by atoms with Crippen molar-refractivity contribution in [3.63, 3.8) is 0 Å². The highest BCUT2D eigenvalue weighted by molar-refractivity contribution is 5.78. The molecular weight excluding hydrogens is 214 g/mol. The molecule has 17 heavy (non-hydrogen) atoms. The number of hydrogen-bond acceptors (Lipinski definition) is 3. The first-order valence-corrected chi connectivity index (χ1v) is 6.56. The van der Waals surface area contributed by atoms with Crippen LogP contribution in [0.15, 0.2) is 0 Å². The first-order valence-electron chi connectivity index (χ1n) is 6.56. The Morgan fingerprint density at radius 1 is 1.35 bits per heavy atom. The highest BCUT2D eigenvalue weighted by Crippen LogP contribution is 2.29. The van der Waals surface area contributed by atoms with Gasteiger partial charge in [0.05, 0.1) is 12.6 Å². The Bertz CT molecular complexity index is 264. The third-order valence-corrected chi connectivity index (χ3v) is 3.51. The van der Waals surface area contributed by atoms with Crippen LogP contribution in [0.25, 0.3) is 0 Å². The first kappa shape index (κ1) is 14.0. The molecule has 0 aromatic carbocycles. The molecule has 1 aliphatic carbocycles. The van der Waals surface area contributed by atoms with Crippen molar-refractivity contribution in [2.75, 3.05) is 19.6 Å². The number of nitriles is 1. The van der Waals surface area contributed by atoms with Gasteiger partial charge in [-0.15, -0.1) is 0 Å². The predicted octanol–water partition coefficient (Wildman–Crippen LogP) is 1.43. The topological polar surface area (TPSA) is 64.9 Å². The molecule has 4 nitrogen and oxygen atoms in total. The zero-order valence-corrected chi connectivity index (χ0v) is 10.7. The third-order valence-electron chi connectivity index (χ3n) is 3.51. The van der Waals surface area contributed by atoms with Crippen LogP contribution >= 0.6 is 0 Å². The van der Waals surface area contributed by atoms with Crippen molar-refractivity contribution in [3.8, 4) is 6.07 Å². The van der Waals surface area contributed by atoms with Crippen molar-refractivity contribution in [1.82, 2.24) is 10.6 Å². The lowest BCUT2D eigenvalue weighted by Crippen LogP contribution is -2.35. The van der Waals surface area contributed by atoms with E-state index in [1.165, 1.54) is 25.7 Å². The first-order chi connectivity index (χ1) is 8.22. The van der Waals surface area contributed by atoms with Gasteiger partial charge in [-0.1, -0.05) is 32.6 Å². The van der Waals surface area contributed by atoms with Crippen LogP contribution in [0.1, 0.15) is 39.0 Å². The smallest absolute Gasteiger partial charge is 0.234 e. The van der Waals surface area contributed by atoms with Crippen molar-refractivity contribution < 1.29 is 4.79 Å². The fraction of sp³-hybridized carbons (Fsp3) is 0.846. The van der Waals surface area contributed by atoms with Crippen LogP contribution < -0.4 is 10.6 Å². The van der Waals surface area contributed by atoms with E-state index in [-0.39, 0.29) is 12.5 Å². The SMILES string of the molecule is CC1CCC(CCNCC(=O)NCC#N)CC1. The van der Waals surface area contributed by atoms with Gasteiger partial charge in [-0.05, 0) is 24.8 Å². The summed E-state index contributed by atoms with van der Waals surface area (Å²) in [5.41, 5.74) is 0. The second-order valence-corrected chi connectivity index (χ2v) is 5.03. The Kier molecular flexibility index (Phi) is 6.64. The molecule has 96 valence electrons. The number of rotatable bonds is 6. The van der Waals surface area contributed by atoms with Crippen molar-refractivity contribution in [1.29, 1.82) is 5.26 Å². The normalized spacial score (nSPS) is 24.0. The van der Waals surface area contributed by atoms with E-state index in [0.29, 0.717) is 6.54 Å². The standard InChI is InChI=1S/C13H23N3O/c1-11-2-4-12(5-3-11)6-8-15-10-13(17)16-9-7-14/h11-12,15H,2-6,8-10H2,1H3,(H,16,17). The average Bonchev–Trinajstić information content (AvgIpc) is 2.34. The van der Waals surface area contributed by atoms with Gasteiger partial charge < -0.3 is 10.6 Å². The molecular formula is C13H23N3O. The summed E-state index contributed by atoms with van der Waals surface area (Å²) in [5.74, 6) is 1.64. The fourth-order valence-corrected chi connectivity index (χ4v) is 2.33. The van der Waals surface area contributed by atoms with Crippen LogP contribution in [-0.2, 0) is 4.79 Å². The molecule has 0 heterocycles. The van der Waals surface area contributed by atoms with Gasteiger partial charge in [0.15, 0.2) is 0 Å². The molecule has 1 saturated carbocycles. The zero-order valence-electron chi connectivity index (χ0n) is 10.7. The van der Waals surface area contributed by atoms with E-state index in [1.807, 2.05) is 6.07 Å². The lowest BCUT2D eigenvalue weighted by molar-refractivity contribution is -0.120. The molecule has 1 amide bonds. The Balaban J connectivity index is 1.97. The molecule has 0 aromatic heterocycles. The molecule has 0 aromatic rings. The zero-order chi connectivity index (χ0) is 12.5. The van der Waals surface area contributed by atoms with E-state index >= 15 is 0 Å². The minimum absolute atomic E-state index is 0.0937. The summed E-state index contributed by atoms with van der Waals surface area (Å²) >= 11 is 0. The van der Waals surface area contributed by atoms with Crippen molar-refractivity contribution in [2.24, 2.45) is 11.8 Å². The van der Waals surface area contributed by atoms with Crippen molar-refractivity contribution in [2.45, 2.75) is 39.0 Å². The van der Waals surface area contributed by atoms with Gasteiger partial charge in [-0.25, -0.2) is 0 Å². The second kappa shape index (κ2) is 8.08. The van der Waals surface area contributed by atoms with Gasteiger partial charge in [0.2, 0.25) is 5.91 Å². The highest BCUT2D eigenvalue weighted by Gasteiger charge is 2.17. The number of carbonyl (C=O) groups excluding carboxylic acids is 1. The Morgan fingerprint density at radius 2 is 2.06 bits per heavy atom. The molecule has 0 saturated heterocycles. The van der Waals surface area contributed by atoms with Crippen LogP contribution in [0.5, 0.6) is 0 Å². The molecule has 1 rings (SSSR count). The lowest BCUT2D eigenvalue weighted by Gasteiger charge is -2.26. The molecule has 0 aliphatic heterocycles. The summed E-state index contributed by atoms with van der Waals surface area (Å²) in [6.07, 6.45) is 6.55. The van der Waals surface area contributed by atoms with E-state index in [2.05, 4.69) is 17.6 Å². The molecule has 1 fully saturated rings. The molecule has 4 heteroatoms. The highest BCUT2D eigenvalue weighted by atomic mass is 16.1. The summed E-state index contributed by atoms with van der Waals surface area (Å²) in [5, 5.41) is 13.9. The number of nitrogens with one attached hydrogen (secondary N) is 2. The van der Waals surface area contributed by atoms with Gasteiger partial charge in [0.1, 0.15) is 6.54 Å². The molecule has 0 spiro atoms. The fourth-order valence-electron chi connectivity index (χ4n) is 2.33. The van der Waals surface area contributed by atoms with Gasteiger partial charge in [-0.3, -0.25) is 4.79 Å². The molecule has 0 unspecified atom stereocenters. The van der Waals surface area contributed by atoms with E-state index < -0.39 is 0 Å². The van der Waals surface area contributed by atoms with E-state index in [1.54, 1.807) is 0 Å². The van der Waals surface area contributed by atoms with E-state index in [9.17, 15) is 4.79 Å². The largest absolute Gasteiger partial charge is 0.342 e. The van der Waals surface area contributed by atoms with Gasteiger partial charge in [0, 0.05) is 0 Å². The van der Waals surface area contributed by atoms with Gasteiger partial charge >= 0.3 is 0 Å². The maximum Gasteiger partial charge on any atom is 0.234 e. The van der Waals surface area contributed by atoms with E-state index in [4.69, 9.17) is 5.26 Å². The van der Waals surface area contributed by atoms with Crippen molar-refractivity contribution >= 4 is 5.91 Å². The lowest BCUT2D eigenvalue weighted by atomic mass is 9.81. The molecule has 2 N–H and O–H groups in total. The van der Waals surface area contributed by atoms with Crippen LogP contribution in [0, 0.1) is 23.2 Å².